The second-order valence-corrected chi connectivity index (χ2v) is 4.12. The third-order valence-electron chi connectivity index (χ3n) is 2.18. The molecule has 1 heterocycles. The van der Waals surface area contributed by atoms with E-state index in [0.29, 0.717) is 5.56 Å². The van der Waals surface area contributed by atoms with Gasteiger partial charge >= 0.3 is 5.97 Å². The van der Waals surface area contributed by atoms with Gasteiger partial charge in [0.2, 0.25) is 0 Å². The number of hydrogen-bond acceptors (Lipinski definition) is 5. The summed E-state index contributed by atoms with van der Waals surface area (Å²) in [5.41, 5.74) is 3.02. The zero-order valence-electron chi connectivity index (χ0n) is 8.71. The number of ether oxygens (including phenoxy) is 1. The van der Waals surface area contributed by atoms with Crippen LogP contribution in [0.25, 0.3) is 10.2 Å². The summed E-state index contributed by atoms with van der Waals surface area (Å²) in [6, 6.07) is 5.25. The van der Waals surface area contributed by atoms with Gasteiger partial charge < -0.3 is 9.84 Å². The van der Waals surface area contributed by atoms with Gasteiger partial charge in [0, 0.05) is 0 Å². The maximum absolute atomic E-state index is 11.3. The Morgan fingerprint density at radius 3 is 3.19 bits per heavy atom. The fourth-order valence-corrected chi connectivity index (χ4v) is 2.06. The molecular weight excluding hydrogens is 226 g/mol. The average molecular weight is 237 g/mol. The van der Waals surface area contributed by atoms with Crippen LogP contribution in [0.15, 0.2) is 23.7 Å². The lowest BCUT2D eigenvalue weighted by Gasteiger charge is -2.09. The third kappa shape index (κ3) is 2.05. The Bertz CT molecular complexity index is 509. The van der Waals surface area contributed by atoms with Gasteiger partial charge in [0.15, 0.2) is 6.10 Å². The van der Waals surface area contributed by atoms with Crippen molar-refractivity contribution >= 4 is 27.5 Å². The molecule has 0 amide bonds. The number of aliphatic hydroxyl groups excluding tert-OH is 1. The van der Waals surface area contributed by atoms with Crippen LogP contribution >= 0.6 is 11.3 Å². The monoisotopic (exact) mass is 237 g/mol. The molecule has 1 N–H and O–H groups in total. The minimum absolute atomic E-state index is 0.259. The third-order valence-corrected chi connectivity index (χ3v) is 2.99. The summed E-state index contributed by atoms with van der Waals surface area (Å²) in [7, 11) is 0. The zero-order valence-corrected chi connectivity index (χ0v) is 9.53. The highest BCUT2D eigenvalue weighted by Crippen LogP contribution is 2.23. The van der Waals surface area contributed by atoms with Crippen molar-refractivity contribution in [2.75, 3.05) is 6.61 Å². The average Bonchev–Trinajstić information content (AvgIpc) is 2.75. The number of aromatic nitrogens is 1. The molecule has 1 unspecified atom stereocenters. The fraction of sp³-hybridized carbons (Fsp3) is 0.273. The number of aliphatic hydroxyl groups is 1. The largest absolute Gasteiger partial charge is 0.464 e. The highest BCUT2D eigenvalue weighted by Gasteiger charge is 2.18. The highest BCUT2D eigenvalue weighted by atomic mass is 32.1. The molecule has 0 aliphatic heterocycles. The predicted molar refractivity (Wildman–Crippen MR) is 61.2 cm³/mol. The van der Waals surface area contributed by atoms with Crippen molar-refractivity contribution in [3.05, 3.63) is 29.3 Å². The summed E-state index contributed by atoms with van der Waals surface area (Å²) in [5.74, 6) is -0.628. The molecule has 84 valence electrons. The highest BCUT2D eigenvalue weighted by molar-refractivity contribution is 7.16. The quantitative estimate of drug-likeness (QED) is 0.828. The number of fused-ring (bicyclic) bond motifs is 1. The van der Waals surface area contributed by atoms with E-state index in [1.54, 1.807) is 24.6 Å². The van der Waals surface area contributed by atoms with Crippen molar-refractivity contribution in [2.45, 2.75) is 13.0 Å². The number of carbonyl (C=O) groups is 1. The zero-order chi connectivity index (χ0) is 11.5. The van der Waals surface area contributed by atoms with E-state index in [1.807, 2.05) is 6.07 Å². The maximum Gasteiger partial charge on any atom is 0.339 e. The van der Waals surface area contributed by atoms with E-state index >= 15 is 0 Å². The number of hydrogen-bond donors (Lipinski definition) is 1. The van der Waals surface area contributed by atoms with Crippen molar-refractivity contribution in [1.82, 2.24) is 4.98 Å². The lowest BCUT2D eigenvalue weighted by molar-refractivity contribution is -0.153. The Morgan fingerprint density at radius 1 is 1.62 bits per heavy atom. The van der Waals surface area contributed by atoms with Crippen LogP contribution in [-0.2, 0) is 9.53 Å². The van der Waals surface area contributed by atoms with Crippen LogP contribution in [0.5, 0.6) is 0 Å². The summed E-state index contributed by atoms with van der Waals surface area (Å²) in [4.78, 5) is 15.5. The first kappa shape index (κ1) is 11.0. The van der Waals surface area contributed by atoms with E-state index in [2.05, 4.69) is 4.98 Å². The summed E-state index contributed by atoms with van der Waals surface area (Å²) in [6.07, 6.45) is -1.23. The topological polar surface area (TPSA) is 59.4 Å². The molecule has 0 aliphatic rings. The van der Waals surface area contributed by atoms with E-state index in [-0.39, 0.29) is 6.61 Å². The summed E-state index contributed by atoms with van der Waals surface area (Å²) < 4.78 is 5.77. The van der Waals surface area contributed by atoms with E-state index < -0.39 is 12.1 Å². The lowest BCUT2D eigenvalue weighted by atomic mass is 10.1. The number of benzene rings is 1. The number of esters is 1. The summed E-state index contributed by atoms with van der Waals surface area (Å²) in [5, 5.41) is 9.72. The maximum atomic E-state index is 11.3. The molecule has 2 aromatic rings. The Kier molecular flexibility index (Phi) is 3.17. The first-order chi connectivity index (χ1) is 7.72. The molecule has 0 fully saturated rings. The standard InChI is InChI=1S/C11H11NO3S/c1-2-15-11(14)10(13)7-3-4-9-8(5-7)12-6-16-9/h3-6,10,13H,2H2,1H3. The normalized spacial score (nSPS) is 12.6. The molecule has 1 aromatic heterocycles. The molecule has 16 heavy (non-hydrogen) atoms. The van der Waals surface area contributed by atoms with Crippen LogP contribution in [0.3, 0.4) is 0 Å². The number of carbonyl (C=O) groups excluding carboxylic acids is 1. The fourth-order valence-electron chi connectivity index (χ4n) is 1.40. The van der Waals surface area contributed by atoms with Crippen molar-refractivity contribution < 1.29 is 14.6 Å². The van der Waals surface area contributed by atoms with Gasteiger partial charge in [-0.25, -0.2) is 9.78 Å². The summed E-state index contributed by atoms with van der Waals surface area (Å²) >= 11 is 1.52. The molecule has 4 nitrogen and oxygen atoms in total. The van der Waals surface area contributed by atoms with Crippen molar-refractivity contribution in [3.63, 3.8) is 0 Å². The van der Waals surface area contributed by atoms with Crippen LogP contribution in [0.2, 0.25) is 0 Å². The van der Waals surface area contributed by atoms with E-state index in [1.165, 1.54) is 11.3 Å². The Hall–Kier alpha value is -1.46. The molecule has 1 aromatic carbocycles. The molecular formula is C11H11NO3S. The van der Waals surface area contributed by atoms with Crippen LogP contribution < -0.4 is 0 Å². The van der Waals surface area contributed by atoms with Gasteiger partial charge in [-0.05, 0) is 24.6 Å². The van der Waals surface area contributed by atoms with Crippen molar-refractivity contribution in [3.8, 4) is 0 Å². The Morgan fingerprint density at radius 2 is 2.44 bits per heavy atom. The minimum Gasteiger partial charge on any atom is -0.464 e. The molecule has 0 aliphatic carbocycles. The van der Waals surface area contributed by atoms with Crippen LogP contribution in [0, 0.1) is 0 Å². The van der Waals surface area contributed by atoms with Crippen LogP contribution in [0.4, 0.5) is 0 Å². The van der Waals surface area contributed by atoms with Gasteiger partial charge in [-0.15, -0.1) is 11.3 Å². The van der Waals surface area contributed by atoms with Crippen LogP contribution in [0.1, 0.15) is 18.6 Å². The molecule has 0 bridgehead atoms. The molecule has 2 rings (SSSR count). The van der Waals surface area contributed by atoms with Gasteiger partial charge in [0.1, 0.15) is 0 Å². The molecule has 0 saturated carbocycles. The second kappa shape index (κ2) is 4.59. The Labute approximate surface area is 96.5 Å². The SMILES string of the molecule is CCOC(=O)C(O)c1ccc2scnc2c1. The van der Waals surface area contributed by atoms with E-state index in [0.717, 1.165) is 10.2 Å². The van der Waals surface area contributed by atoms with Gasteiger partial charge in [-0.2, -0.15) is 0 Å². The molecule has 0 spiro atoms. The molecule has 1 atom stereocenters. The molecule has 5 heteroatoms. The van der Waals surface area contributed by atoms with Crippen molar-refractivity contribution in [2.24, 2.45) is 0 Å². The van der Waals surface area contributed by atoms with Crippen LogP contribution in [-0.4, -0.2) is 22.7 Å². The predicted octanol–water partition coefficient (Wildman–Crippen LogP) is 1.89. The van der Waals surface area contributed by atoms with Gasteiger partial charge in [0.25, 0.3) is 0 Å². The first-order valence-corrected chi connectivity index (χ1v) is 5.78. The smallest absolute Gasteiger partial charge is 0.339 e. The Balaban J connectivity index is 2.28. The van der Waals surface area contributed by atoms with Gasteiger partial charge in [-0.3, -0.25) is 0 Å². The molecule has 0 radical (unpaired) electrons. The number of rotatable bonds is 3. The van der Waals surface area contributed by atoms with E-state index in [9.17, 15) is 9.90 Å². The minimum atomic E-state index is -1.23. The molecule has 0 saturated heterocycles. The lowest BCUT2D eigenvalue weighted by Crippen LogP contribution is -2.15. The van der Waals surface area contributed by atoms with Crippen molar-refractivity contribution in [1.29, 1.82) is 0 Å². The first-order valence-electron chi connectivity index (χ1n) is 4.90. The van der Waals surface area contributed by atoms with Gasteiger partial charge in [0.05, 0.1) is 22.3 Å². The number of nitrogens with zero attached hydrogens (tertiary/aromatic N) is 1. The summed E-state index contributed by atoms with van der Waals surface area (Å²) in [6.45, 7) is 1.96. The number of thiazole rings is 1. The van der Waals surface area contributed by atoms with E-state index in [4.69, 9.17) is 4.74 Å². The van der Waals surface area contributed by atoms with Gasteiger partial charge in [-0.1, -0.05) is 6.07 Å². The second-order valence-electron chi connectivity index (χ2n) is 3.23.